The van der Waals surface area contributed by atoms with Gasteiger partial charge < -0.3 is 20.0 Å². The largest absolute Gasteiger partial charge is 0.508 e. The van der Waals surface area contributed by atoms with Crippen molar-refractivity contribution in [2.75, 3.05) is 19.6 Å². The summed E-state index contributed by atoms with van der Waals surface area (Å²) in [4.78, 5) is 29.8. The number of carboxylic acid groups (broad SMARTS) is 1. The zero-order valence-corrected chi connectivity index (χ0v) is 22.3. The minimum absolute atomic E-state index is 0.0529. The highest BCUT2D eigenvalue weighted by Gasteiger charge is 2.38. The van der Waals surface area contributed by atoms with E-state index in [4.69, 9.17) is 0 Å². The number of carbonyl (C=O) groups excluding carboxylic acids is 1. The van der Waals surface area contributed by atoms with E-state index in [9.17, 15) is 19.8 Å². The van der Waals surface area contributed by atoms with Gasteiger partial charge >= 0.3 is 5.97 Å². The second-order valence-electron chi connectivity index (χ2n) is 10.7. The number of carbonyl (C=O) groups is 2. The molecule has 4 rings (SSSR count). The highest BCUT2D eigenvalue weighted by Crippen LogP contribution is 2.40. The molecule has 1 aliphatic rings. The predicted octanol–water partition coefficient (Wildman–Crippen LogP) is 5.11. The van der Waals surface area contributed by atoms with Gasteiger partial charge in [-0.05, 0) is 53.1 Å². The Balaban J connectivity index is 1.45. The van der Waals surface area contributed by atoms with E-state index in [0.717, 1.165) is 36.2 Å². The topological polar surface area (TPSA) is 81.1 Å². The van der Waals surface area contributed by atoms with E-state index in [1.54, 1.807) is 6.07 Å². The minimum atomic E-state index is -0.994. The number of rotatable bonds is 10. The number of phenols is 1. The number of aromatic hydroxyl groups is 1. The number of hydrogen-bond donors (Lipinski definition) is 2. The van der Waals surface area contributed by atoms with Gasteiger partial charge in [0.1, 0.15) is 11.8 Å². The van der Waals surface area contributed by atoms with Crippen LogP contribution >= 0.6 is 0 Å². The van der Waals surface area contributed by atoms with Crippen LogP contribution in [-0.4, -0.2) is 57.6 Å². The molecule has 0 unspecified atom stereocenters. The van der Waals surface area contributed by atoms with Crippen LogP contribution in [0.3, 0.4) is 0 Å². The van der Waals surface area contributed by atoms with Crippen LogP contribution in [-0.2, 0) is 28.0 Å². The molecule has 0 radical (unpaired) electrons. The summed E-state index contributed by atoms with van der Waals surface area (Å²) in [7, 11) is 0. The van der Waals surface area contributed by atoms with Gasteiger partial charge in [0, 0.05) is 32.5 Å². The van der Waals surface area contributed by atoms with E-state index in [1.165, 1.54) is 4.90 Å². The second kappa shape index (κ2) is 12.3. The average molecular weight is 515 g/mol. The van der Waals surface area contributed by atoms with E-state index in [1.807, 2.05) is 72.8 Å². The Morgan fingerprint density at radius 2 is 1.66 bits per heavy atom. The number of likely N-dealkylation sites (tertiary alicyclic amines) is 1. The smallest absolute Gasteiger partial charge is 0.326 e. The Labute approximate surface area is 225 Å². The minimum Gasteiger partial charge on any atom is -0.508 e. The summed E-state index contributed by atoms with van der Waals surface area (Å²) in [6.07, 6.45) is 1.45. The van der Waals surface area contributed by atoms with Crippen LogP contribution in [0.4, 0.5) is 0 Å². The fourth-order valence-electron chi connectivity index (χ4n) is 5.53. The van der Waals surface area contributed by atoms with Gasteiger partial charge in [-0.15, -0.1) is 0 Å². The lowest BCUT2D eigenvalue weighted by Crippen LogP contribution is -2.49. The predicted molar refractivity (Wildman–Crippen MR) is 149 cm³/mol. The monoisotopic (exact) mass is 514 g/mol. The van der Waals surface area contributed by atoms with Gasteiger partial charge in [-0.3, -0.25) is 4.79 Å². The molecule has 1 aliphatic heterocycles. The first-order chi connectivity index (χ1) is 18.3. The van der Waals surface area contributed by atoms with Gasteiger partial charge in [0.25, 0.3) is 0 Å². The maximum Gasteiger partial charge on any atom is 0.326 e. The van der Waals surface area contributed by atoms with Gasteiger partial charge in [0.15, 0.2) is 0 Å². The van der Waals surface area contributed by atoms with Crippen LogP contribution in [0.5, 0.6) is 5.75 Å². The van der Waals surface area contributed by atoms with Crippen LogP contribution in [0.25, 0.3) is 0 Å². The highest BCUT2D eigenvalue weighted by molar-refractivity contribution is 5.84. The standard InChI is InChI=1S/C32H38N2O4/c1-24-22-33(19-17-32(24,2)27-14-9-15-28(35)21-27)18-16-30(36)34(23-26-12-7-4-8-13-26)29(31(37)38)20-25-10-5-3-6-11-25/h3-15,21,24,29,35H,16-20,22-23H2,1-2H3,(H,37,38)/t24-,29-,32+/m0/s1. The van der Waals surface area contributed by atoms with Crippen molar-refractivity contribution in [2.24, 2.45) is 5.92 Å². The van der Waals surface area contributed by atoms with Crippen molar-refractivity contribution < 1.29 is 19.8 Å². The third-order valence-corrected chi connectivity index (χ3v) is 8.16. The number of piperidine rings is 1. The molecular formula is C32H38N2O4. The first-order valence-corrected chi connectivity index (χ1v) is 13.4. The lowest BCUT2D eigenvalue weighted by molar-refractivity contribution is -0.151. The van der Waals surface area contributed by atoms with Crippen molar-refractivity contribution in [3.05, 3.63) is 102 Å². The van der Waals surface area contributed by atoms with E-state index >= 15 is 0 Å². The first-order valence-electron chi connectivity index (χ1n) is 13.4. The number of carboxylic acids is 1. The number of nitrogens with zero attached hydrogens (tertiary/aromatic N) is 2. The maximum atomic E-state index is 13.6. The summed E-state index contributed by atoms with van der Waals surface area (Å²) in [6, 6.07) is 25.6. The number of amides is 1. The number of aliphatic carboxylic acids is 1. The Morgan fingerprint density at radius 1 is 1.00 bits per heavy atom. The molecule has 3 aromatic rings. The maximum absolute atomic E-state index is 13.6. The molecule has 0 spiro atoms. The van der Waals surface area contributed by atoms with E-state index in [2.05, 4.69) is 24.8 Å². The van der Waals surface area contributed by atoms with Gasteiger partial charge in [-0.1, -0.05) is 86.6 Å². The van der Waals surface area contributed by atoms with Crippen LogP contribution in [0.2, 0.25) is 0 Å². The third kappa shape index (κ3) is 6.62. The molecule has 0 aromatic heterocycles. The van der Waals surface area contributed by atoms with Gasteiger partial charge in [-0.25, -0.2) is 4.79 Å². The van der Waals surface area contributed by atoms with Crippen molar-refractivity contribution in [1.29, 1.82) is 0 Å². The molecule has 38 heavy (non-hydrogen) atoms. The number of phenolic OH excluding ortho intramolecular Hbond substituents is 1. The fourth-order valence-corrected chi connectivity index (χ4v) is 5.53. The van der Waals surface area contributed by atoms with Crippen LogP contribution in [0.15, 0.2) is 84.9 Å². The summed E-state index contributed by atoms with van der Waals surface area (Å²) >= 11 is 0. The Hall–Kier alpha value is -3.64. The molecule has 1 saturated heterocycles. The van der Waals surface area contributed by atoms with Gasteiger partial charge in [-0.2, -0.15) is 0 Å². The van der Waals surface area contributed by atoms with Gasteiger partial charge in [0.05, 0.1) is 0 Å². The van der Waals surface area contributed by atoms with Crippen LogP contribution < -0.4 is 0 Å². The molecule has 0 bridgehead atoms. The molecule has 1 fully saturated rings. The van der Waals surface area contributed by atoms with Crippen molar-refractivity contribution >= 4 is 11.9 Å². The van der Waals surface area contributed by atoms with Crippen LogP contribution in [0, 0.1) is 5.92 Å². The molecule has 0 aliphatic carbocycles. The summed E-state index contributed by atoms with van der Waals surface area (Å²) in [5, 5.41) is 20.1. The van der Waals surface area contributed by atoms with Crippen molar-refractivity contribution in [3.63, 3.8) is 0 Å². The summed E-state index contributed by atoms with van der Waals surface area (Å²) in [6.45, 7) is 6.99. The van der Waals surface area contributed by atoms with Crippen molar-refractivity contribution in [2.45, 2.75) is 51.1 Å². The summed E-state index contributed by atoms with van der Waals surface area (Å²) in [5.74, 6) is -0.526. The quantitative estimate of drug-likeness (QED) is 0.393. The number of hydrogen-bond acceptors (Lipinski definition) is 4. The van der Waals surface area contributed by atoms with Gasteiger partial charge in [0.2, 0.25) is 5.91 Å². The van der Waals surface area contributed by atoms with E-state index < -0.39 is 12.0 Å². The Kier molecular flexibility index (Phi) is 8.85. The number of benzene rings is 3. The molecule has 3 aromatic carbocycles. The molecule has 3 atom stereocenters. The zero-order chi connectivity index (χ0) is 27.1. The molecule has 6 nitrogen and oxygen atoms in total. The first kappa shape index (κ1) is 27.4. The van der Waals surface area contributed by atoms with E-state index in [0.29, 0.717) is 12.5 Å². The molecule has 1 heterocycles. The SMILES string of the molecule is C[C@H]1CN(CCC(=O)N(Cc2ccccc2)[C@@H](Cc2ccccc2)C(=O)O)CC[C@@]1(C)c1cccc(O)c1. The Morgan fingerprint density at radius 3 is 2.26 bits per heavy atom. The van der Waals surface area contributed by atoms with Crippen molar-refractivity contribution in [1.82, 2.24) is 9.80 Å². The normalized spacial score (nSPS) is 20.5. The lowest BCUT2D eigenvalue weighted by atomic mass is 9.68. The molecule has 2 N–H and O–H groups in total. The zero-order valence-electron chi connectivity index (χ0n) is 22.3. The molecule has 6 heteroatoms. The van der Waals surface area contributed by atoms with Crippen LogP contribution in [0.1, 0.15) is 43.4 Å². The molecule has 0 saturated carbocycles. The summed E-state index contributed by atoms with van der Waals surface area (Å²) < 4.78 is 0. The average Bonchev–Trinajstić information content (AvgIpc) is 2.92. The highest BCUT2D eigenvalue weighted by atomic mass is 16.4. The third-order valence-electron chi connectivity index (χ3n) is 8.16. The second-order valence-corrected chi connectivity index (χ2v) is 10.7. The summed E-state index contributed by atoms with van der Waals surface area (Å²) in [5.41, 5.74) is 2.89. The molecule has 1 amide bonds. The van der Waals surface area contributed by atoms with E-state index in [-0.39, 0.29) is 36.5 Å². The fraction of sp³-hybridized carbons (Fsp3) is 0.375. The molecule has 200 valence electrons. The Bertz CT molecular complexity index is 1220. The molecular weight excluding hydrogens is 476 g/mol. The van der Waals surface area contributed by atoms with Crippen molar-refractivity contribution in [3.8, 4) is 5.75 Å². The lowest BCUT2D eigenvalue weighted by Gasteiger charge is -2.45.